The Kier molecular flexibility index (Phi) is 3.31. The Hall–Kier alpha value is -3.59. The summed E-state index contributed by atoms with van der Waals surface area (Å²) in [6.07, 6.45) is 0. The number of aromatic hydroxyl groups is 1. The van der Waals surface area contributed by atoms with Gasteiger partial charge in [-0.15, -0.1) is 0 Å². The molecule has 0 aliphatic heterocycles. The average Bonchev–Trinajstić information content (AvgIpc) is 3.04. The molecule has 0 amide bonds. The molecule has 0 bridgehead atoms. The molecule has 0 spiro atoms. The van der Waals surface area contributed by atoms with Gasteiger partial charge >= 0.3 is 0 Å². The third kappa shape index (κ3) is 2.25. The van der Waals surface area contributed by atoms with Crippen LogP contribution in [0.2, 0.25) is 0 Å². The first-order chi connectivity index (χ1) is 13.1. The first-order valence-electron chi connectivity index (χ1n) is 8.90. The van der Waals surface area contributed by atoms with Gasteiger partial charge in [0.05, 0.1) is 11.0 Å². The van der Waals surface area contributed by atoms with E-state index in [1.165, 1.54) is 0 Å². The van der Waals surface area contributed by atoms with E-state index >= 15 is 0 Å². The number of rotatable bonds is 1. The molecule has 1 aromatic heterocycles. The number of para-hydroxylation sites is 2. The lowest BCUT2D eigenvalue weighted by atomic mass is 10.0. The van der Waals surface area contributed by atoms with E-state index in [4.69, 9.17) is 0 Å². The number of fused-ring (bicyclic) bond motifs is 4. The smallest absolute Gasteiger partial charge is 0.262 e. The molecular weight excluding hydrogens is 334 g/mol. The van der Waals surface area contributed by atoms with Gasteiger partial charge in [-0.2, -0.15) is 0 Å². The van der Waals surface area contributed by atoms with Gasteiger partial charge in [-0.25, -0.2) is 0 Å². The highest BCUT2D eigenvalue weighted by Crippen LogP contribution is 2.31. The minimum Gasteiger partial charge on any atom is -0.508 e. The van der Waals surface area contributed by atoms with Crippen LogP contribution in [0, 0.1) is 6.92 Å². The van der Waals surface area contributed by atoms with Crippen LogP contribution in [0.15, 0.2) is 78.9 Å². The Morgan fingerprint density at radius 2 is 1.41 bits per heavy atom. The van der Waals surface area contributed by atoms with Crippen molar-refractivity contribution in [2.24, 2.45) is 0 Å². The standard InChI is InChI=1S/C24H17NO2/c1-15-18-12-10-17(14-16(18)11-13-23(15)26)24(27)25-21-8-4-2-6-19(21)20-7-3-5-9-22(20)25/h2-14,26H,1H3. The SMILES string of the molecule is Cc1c(O)ccc2cc(C(=O)n3c4ccccc4c4ccccc43)ccc12. The summed E-state index contributed by atoms with van der Waals surface area (Å²) in [6, 6.07) is 25.1. The van der Waals surface area contributed by atoms with Crippen LogP contribution < -0.4 is 0 Å². The second-order valence-electron chi connectivity index (χ2n) is 6.82. The molecule has 27 heavy (non-hydrogen) atoms. The summed E-state index contributed by atoms with van der Waals surface area (Å²) >= 11 is 0. The topological polar surface area (TPSA) is 42.2 Å². The molecule has 0 fully saturated rings. The molecule has 0 aliphatic rings. The van der Waals surface area contributed by atoms with E-state index in [0.29, 0.717) is 5.56 Å². The van der Waals surface area contributed by atoms with E-state index in [1.807, 2.05) is 79.7 Å². The van der Waals surface area contributed by atoms with Gasteiger partial charge in [0.2, 0.25) is 0 Å². The summed E-state index contributed by atoms with van der Waals surface area (Å²) in [4.78, 5) is 13.4. The van der Waals surface area contributed by atoms with Crippen molar-refractivity contribution in [3.63, 3.8) is 0 Å². The van der Waals surface area contributed by atoms with Gasteiger partial charge < -0.3 is 5.11 Å². The van der Waals surface area contributed by atoms with E-state index in [9.17, 15) is 9.90 Å². The Morgan fingerprint density at radius 3 is 2.07 bits per heavy atom. The van der Waals surface area contributed by atoms with Crippen molar-refractivity contribution in [1.82, 2.24) is 4.57 Å². The summed E-state index contributed by atoms with van der Waals surface area (Å²) in [7, 11) is 0. The molecule has 5 aromatic rings. The minimum absolute atomic E-state index is 0.0555. The Morgan fingerprint density at radius 1 is 0.778 bits per heavy atom. The lowest BCUT2D eigenvalue weighted by molar-refractivity contribution is 0.0969. The highest BCUT2D eigenvalue weighted by Gasteiger charge is 2.17. The molecule has 0 unspecified atom stereocenters. The van der Waals surface area contributed by atoms with Crippen LogP contribution in [0.5, 0.6) is 5.75 Å². The monoisotopic (exact) mass is 351 g/mol. The van der Waals surface area contributed by atoms with Crippen molar-refractivity contribution in [2.45, 2.75) is 6.92 Å². The number of benzene rings is 4. The number of hydrogen-bond donors (Lipinski definition) is 1. The zero-order chi connectivity index (χ0) is 18.5. The van der Waals surface area contributed by atoms with Gasteiger partial charge in [0, 0.05) is 16.3 Å². The van der Waals surface area contributed by atoms with Crippen LogP contribution in [0.4, 0.5) is 0 Å². The van der Waals surface area contributed by atoms with Gasteiger partial charge in [0.15, 0.2) is 0 Å². The molecule has 130 valence electrons. The van der Waals surface area contributed by atoms with Crippen molar-refractivity contribution in [1.29, 1.82) is 0 Å². The number of carbonyl (C=O) groups is 1. The predicted octanol–water partition coefficient (Wildman–Crippen LogP) is 5.65. The molecule has 0 aliphatic carbocycles. The quantitative estimate of drug-likeness (QED) is 0.424. The fraction of sp³-hybridized carbons (Fsp3) is 0.0417. The van der Waals surface area contributed by atoms with Gasteiger partial charge in [-0.1, -0.05) is 48.5 Å². The Balaban J connectivity index is 1.76. The lowest BCUT2D eigenvalue weighted by Gasteiger charge is -2.09. The third-order valence-electron chi connectivity index (χ3n) is 5.29. The Labute approximate surface area is 156 Å². The molecule has 4 aromatic carbocycles. The number of hydrogen-bond acceptors (Lipinski definition) is 2. The van der Waals surface area contributed by atoms with Crippen LogP contribution in [0.1, 0.15) is 15.9 Å². The van der Waals surface area contributed by atoms with E-state index in [-0.39, 0.29) is 11.7 Å². The van der Waals surface area contributed by atoms with Gasteiger partial charge in [-0.05, 0) is 53.6 Å². The molecule has 5 rings (SSSR count). The number of phenolic OH excluding ortho intramolecular Hbond substituents is 1. The molecular formula is C24H17NO2. The molecule has 0 atom stereocenters. The highest BCUT2D eigenvalue weighted by molar-refractivity contribution is 6.16. The van der Waals surface area contributed by atoms with Crippen molar-refractivity contribution in [3.8, 4) is 5.75 Å². The van der Waals surface area contributed by atoms with Crippen molar-refractivity contribution >= 4 is 38.5 Å². The largest absolute Gasteiger partial charge is 0.508 e. The Bertz CT molecular complexity index is 1310. The maximum Gasteiger partial charge on any atom is 0.262 e. The second-order valence-corrected chi connectivity index (χ2v) is 6.82. The number of nitrogens with zero attached hydrogens (tertiary/aromatic N) is 1. The van der Waals surface area contributed by atoms with E-state index in [1.54, 1.807) is 10.6 Å². The summed E-state index contributed by atoms with van der Waals surface area (Å²) in [5.41, 5.74) is 3.26. The summed E-state index contributed by atoms with van der Waals surface area (Å²) in [5.74, 6) is 0.212. The normalized spacial score (nSPS) is 11.4. The summed E-state index contributed by atoms with van der Waals surface area (Å²) in [5, 5.41) is 14.0. The van der Waals surface area contributed by atoms with Crippen LogP contribution in [-0.4, -0.2) is 15.6 Å². The summed E-state index contributed by atoms with van der Waals surface area (Å²) in [6.45, 7) is 1.88. The average molecular weight is 351 g/mol. The number of aryl methyl sites for hydroxylation is 1. The minimum atomic E-state index is -0.0555. The summed E-state index contributed by atoms with van der Waals surface area (Å²) < 4.78 is 1.79. The zero-order valence-electron chi connectivity index (χ0n) is 14.8. The van der Waals surface area contributed by atoms with Crippen LogP contribution in [-0.2, 0) is 0 Å². The third-order valence-corrected chi connectivity index (χ3v) is 5.29. The fourth-order valence-corrected chi connectivity index (χ4v) is 3.88. The molecule has 1 heterocycles. The fourth-order valence-electron chi connectivity index (χ4n) is 3.88. The number of aromatic nitrogens is 1. The lowest BCUT2D eigenvalue weighted by Crippen LogP contribution is -2.11. The highest BCUT2D eigenvalue weighted by atomic mass is 16.3. The van der Waals surface area contributed by atoms with E-state index in [0.717, 1.165) is 38.1 Å². The first-order valence-corrected chi connectivity index (χ1v) is 8.90. The molecule has 3 heteroatoms. The molecule has 3 nitrogen and oxygen atoms in total. The number of carbonyl (C=O) groups excluding carboxylic acids is 1. The zero-order valence-corrected chi connectivity index (χ0v) is 14.8. The van der Waals surface area contributed by atoms with Crippen molar-refractivity contribution in [2.75, 3.05) is 0 Å². The van der Waals surface area contributed by atoms with Crippen molar-refractivity contribution < 1.29 is 9.90 Å². The molecule has 0 radical (unpaired) electrons. The van der Waals surface area contributed by atoms with Crippen molar-refractivity contribution in [3.05, 3.63) is 90.0 Å². The van der Waals surface area contributed by atoms with Gasteiger partial charge in [0.25, 0.3) is 5.91 Å². The molecule has 0 saturated heterocycles. The number of phenols is 1. The molecule has 1 N–H and O–H groups in total. The maximum absolute atomic E-state index is 13.4. The van der Waals surface area contributed by atoms with E-state index < -0.39 is 0 Å². The second kappa shape index (κ2) is 5.71. The molecule has 0 saturated carbocycles. The van der Waals surface area contributed by atoms with Gasteiger partial charge in [-0.3, -0.25) is 9.36 Å². The van der Waals surface area contributed by atoms with Crippen LogP contribution in [0.3, 0.4) is 0 Å². The first kappa shape index (κ1) is 15.6. The van der Waals surface area contributed by atoms with Crippen LogP contribution >= 0.6 is 0 Å². The van der Waals surface area contributed by atoms with E-state index in [2.05, 4.69) is 0 Å². The maximum atomic E-state index is 13.4. The predicted molar refractivity (Wildman–Crippen MR) is 110 cm³/mol. The van der Waals surface area contributed by atoms with Crippen LogP contribution in [0.25, 0.3) is 32.6 Å². The van der Waals surface area contributed by atoms with Gasteiger partial charge in [0.1, 0.15) is 5.75 Å².